The van der Waals surface area contributed by atoms with Crippen LogP contribution >= 0.6 is 0 Å². The molecule has 1 N–H and O–H groups in total. The van der Waals surface area contributed by atoms with Crippen molar-refractivity contribution in [3.05, 3.63) is 30.1 Å². The molecule has 1 saturated heterocycles. The van der Waals surface area contributed by atoms with Gasteiger partial charge in [-0.25, -0.2) is 4.39 Å². The summed E-state index contributed by atoms with van der Waals surface area (Å²) in [6.45, 7) is 4.98. The Labute approximate surface area is 115 Å². The molecule has 0 bridgehead atoms. The average molecular weight is 265 g/mol. The Kier molecular flexibility index (Phi) is 4.77. The van der Waals surface area contributed by atoms with Crippen LogP contribution in [-0.2, 0) is 0 Å². The maximum absolute atomic E-state index is 14.0. The van der Waals surface area contributed by atoms with E-state index in [1.54, 1.807) is 12.1 Å². The van der Waals surface area contributed by atoms with Crippen molar-refractivity contribution >= 4 is 5.69 Å². The molecule has 1 aliphatic rings. The third-order valence-electron chi connectivity index (χ3n) is 3.69. The molecule has 0 amide bonds. The molecular formula is C15H24FN3. The monoisotopic (exact) mass is 265 g/mol. The molecule has 1 heterocycles. The molecule has 2 atom stereocenters. The smallest absolute Gasteiger partial charge is 0.146 e. The highest BCUT2D eigenvalue weighted by Gasteiger charge is 2.24. The lowest BCUT2D eigenvalue weighted by atomic mass is 10.1. The zero-order valence-corrected chi connectivity index (χ0v) is 12.1. The summed E-state index contributed by atoms with van der Waals surface area (Å²) in [4.78, 5) is 4.37. The molecule has 0 aliphatic carbocycles. The van der Waals surface area contributed by atoms with Gasteiger partial charge in [0.1, 0.15) is 5.82 Å². The quantitative estimate of drug-likeness (QED) is 0.901. The highest BCUT2D eigenvalue weighted by Crippen LogP contribution is 2.23. The van der Waals surface area contributed by atoms with Crippen LogP contribution in [-0.4, -0.2) is 50.7 Å². The average Bonchev–Trinajstić information content (AvgIpc) is 2.52. The summed E-state index contributed by atoms with van der Waals surface area (Å²) >= 11 is 0. The molecule has 0 radical (unpaired) electrons. The molecule has 1 aromatic carbocycles. The van der Waals surface area contributed by atoms with Crippen LogP contribution in [0.2, 0.25) is 0 Å². The first kappa shape index (κ1) is 14.3. The van der Waals surface area contributed by atoms with Crippen molar-refractivity contribution < 1.29 is 4.39 Å². The Morgan fingerprint density at radius 1 is 1.37 bits per heavy atom. The van der Waals surface area contributed by atoms with Crippen LogP contribution in [0.3, 0.4) is 0 Å². The minimum atomic E-state index is -0.125. The number of likely N-dealkylation sites (N-methyl/N-ethyl adjacent to an activating group) is 1. The first-order valence-corrected chi connectivity index (χ1v) is 6.97. The predicted molar refractivity (Wildman–Crippen MR) is 78.2 cm³/mol. The van der Waals surface area contributed by atoms with Crippen molar-refractivity contribution in [3.8, 4) is 0 Å². The normalized spacial score (nSPS) is 24.6. The third kappa shape index (κ3) is 3.67. The summed E-state index contributed by atoms with van der Waals surface area (Å²) in [5, 5.41) is 3.56. The minimum Gasteiger partial charge on any atom is -0.365 e. The molecule has 2 rings (SSSR count). The summed E-state index contributed by atoms with van der Waals surface area (Å²) < 4.78 is 14.0. The Morgan fingerprint density at radius 2 is 2.11 bits per heavy atom. The fraction of sp³-hybridized carbons (Fsp3) is 0.600. The van der Waals surface area contributed by atoms with E-state index in [2.05, 4.69) is 36.1 Å². The van der Waals surface area contributed by atoms with E-state index in [0.29, 0.717) is 12.1 Å². The molecule has 19 heavy (non-hydrogen) atoms. The number of nitrogens with zero attached hydrogens (tertiary/aromatic N) is 2. The van der Waals surface area contributed by atoms with E-state index in [9.17, 15) is 4.39 Å². The predicted octanol–water partition coefficient (Wildman–Crippen LogP) is 1.94. The van der Waals surface area contributed by atoms with Crippen molar-refractivity contribution in [1.29, 1.82) is 0 Å². The van der Waals surface area contributed by atoms with E-state index >= 15 is 0 Å². The first-order valence-electron chi connectivity index (χ1n) is 6.97. The lowest BCUT2D eigenvalue weighted by Gasteiger charge is -2.32. The van der Waals surface area contributed by atoms with Crippen molar-refractivity contribution in [2.24, 2.45) is 0 Å². The number of benzene rings is 1. The van der Waals surface area contributed by atoms with Gasteiger partial charge in [0, 0.05) is 25.2 Å². The molecule has 0 saturated carbocycles. The molecule has 1 aliphatic heterocycles. The largest absolute Gasteiger partial charge is 0.365 e. The molecule has 1 aromatic rings. The zero-order chi connectivity index (χ0) is 13.8. The summed E-state index contributed by atoms with van der Waals surface area (Å²) in [7, 11) is 4.15. The second-order valence-corrected chi connectivity index (χ2v) is 5.65. The Morgan fingerprint density at radius 3 is 2.79 bits per heavy atom. The topological polar surface area (TPSA) is 18.5 Å². The highest BCUT2D eigenvalue weighted by molar-refractivity contribution is 5.49. The molecule has 4 heteroatoms. The van der Waals surface area contributed by atoms with Gasteiger partial charge in [0.15, 0.2) is 0 Å². The van der Waals surface area contributed by atoms with Crippen LogP contribution in [0.1, 0.15) is 13.3 Å². The fourth-order valence-electron chi connectivity index (χ4n) is 2.72. The fourth-order valence-corrected chi connectivity index (χ4v) is 2.72. The summed E-state index contributed by atoms with van der Waals surface area (Å²) in [6.07, 6.45) is 1.04. The lowest BCUT2D eigenvalue weighted by molar-refractivity contribution is 0.345. The molecule has 1 fully saturated rings. The second kappa shape index (κ2) is 6.35. The lowest BCUT2D eigenvalue weighted by Crippen LogP contribution is -2.45. The van der Waals surface area contributed by atoms with Gasteiger partial charge in [0.2, 0.25) is 0 Å². The number of anilines is 1. The molecule has 0 spiro atoms. The van der Waals surface area contributed by atoms with Crippen LogP contribution in [0, 0.1) is 5.82 Å². The minimum absolute atomic E-state index is 0.125. The third-order valence-corrected chi connectivity index (χ3v) is 3.69. The van der Waals surface area contributed by atoms with Gasteiger partial charge in [0.05, 0.1) is 5.69 Å². The van der Waals surface area contributed by atoms with Gasteiger partial charge in [0.25, 0.3) is 0 Å². The highest BCUT2D eigenvalue weighted by atomic mass is 19.1. The van der Waals surface area contributed by atoms with E-state index in [-0.39, 0.29) is 5.82 Å². The maximum atomic E-state index is 14.0. The Bertz CT molecular complexity index is 408. The van der Waals surface area contributed by atoms with E-state index in [1.807, 2.05) is 12.1 Å². The van der Waals surface area contributed by atoms with Gasteiger partial charge in [-0.15, -0.1) is 0 Å². The summed E-state index contributed by atoms with van der Waals surface area (Å²) in [6, 6.07) is 7.81. The van der Waals surface area contributed by atoms with Gasteiger partial charge in [-0.2, -0.15) is 0 Å². The van der Waals surface area contributed by atoms with Crippen LogP contribution in [0.25, 0.3) is 0 Å². The van der Waals surface area contributed by atoms with Crippen LogP contribution in [0.15, 0.2) is 24.3 Å². The van der Waals surface area contributed by atoms with Gasteiger partial charge in [-0.3, -0.25) is 0 Å². The second-order valence-electron chi connectivity index (χ2n) is 5.65. The number of para-hydroxylation sites is 1. The van der Waals surface area contributed by atoms with Crippen molar-refractivity contribution in [1.82, 2.24) is 10.2 Å². The summed E-state index contributed by atoms with van der Waals surface area (Å²) in [5.74, 6) is -0.125. The van der Waals surface area contributed by atoms with Gasteiger partial charge < -0.3 is 15.1 Å². The number of halogens is 1. The van der Waals surface area contributed by atoms with E-state index in [4.69, 9.17) is 0 Å². The van der Waals surface area contributed by atoms with E-state index in [1.165, 1.54) is 0 Å². The van der Waals surface area contributed by atoms with Crippen molar-refractivity contribution in [2.75, 3.05) is 38.6 Å². The van der Waals surface area contributed by atoms with Crippen molar-refractivity contribution in [3.63, 3.8) is 0 Å². The molecular weight excluding hydrogens is 241 g/mol. The van der Waals surface area contributed by atoms with Crippen LogP contribution in [0.4, 0.5) is 10.1 Å². The Balaban J connectivity index is 2.18. The van der Waals surface area contributed by atoms with Gasteiger partial charge in [-0.05, 0) is 46.1 Å². The maximum Gasteiger partial charge on any atom is 0.146 e. The number of rotatable bonds is 3. The first-order chi connectivity index (χ1) is 9.08. The number of nitrogens with one attached hydrogen (secondary N) is 1. The SMILES string of the molecule is CC1CCNC(CN(C)C)CN1c1ccccc1F. The number of hydrogen-bond donors (Lipinski definition) is 1. The van der Waals surface area contributed by atoms with Gasteiger partial charge in [-0.1, -0.05) is 12.1 Å². The molecule has 3 nitrogen and oxygen atoms in total. The molecule has 106 valence electrons. The van der Waals surface area contributed by atoms with Crippen molar-refractivity contribution in [2.45, 2.75) is 25.4 Å². The van der Waals surface area contributed by atoms with Gasteiger partial charge >= 0.3 is 0 Å². The standard InChI is InChI=1S/C15H24FN3/c1-12-8-9-17-13(10-18(2)3)11-19(12)15-7-5-4-6-14(15)16/h4-7,12-13,17H,8-11H2,1-3H3. The Hall–Kier alpha value is -1.13. The summed E-state index contributed by atoms with van der Waals surface area (Å²) in [5.41, 5.74) is 0.724. The zero-order valence-electron chi connectivity index (χ0n) is 12.1. The number of hydrogen-bond acceptors (Lipinski definition) is 3. The van der Waals surface area contributed by atoms with E-state index < -0.39 is 0 Å². The molecule has 2 unspecified atom stereocenters. The van der Waals surface area contributed by atoms with Crippen LogP contribution < -0.4 is 10.2 Å². The van der Waals surface area contributed by atoms with Crippen LogP contribution in [0.5, 0.6) is 0 Å². The molecule has 0 aromatic heterocycles. The van der Waals surface area contributed by atoms with E-state index in [0.717, 1.165) is 31.7 Å².